The van der Waals surface area contributed by atoms with E-state index in [9.17, 15) is 65.9 Å². The van der Waals surface area contributed by atoms with Gasteiger partial charge in [-0.1, -0.05) is 12.1 Å². The minimum atomic E-state index is -8.30. The normalized spacial score (nSPS) is 15.6. The van der Waals surface area contributed by atoms with Crippen LogP contribution in [0.5, 0.6) is 0 Å². The van der Waals surface area contributed by atoms with Crippen molar-refractivity contribution in [1.29, 1.82) is 0 Å². The number of nitrogen functional groups attached to an aromatic ring is 1. The second kappa shape index (κ2) is 6.48. The van der Waals surface area contributed by atoms with Crippen molar-refractivity contribution in [1.82, 2.24) is 0 Å². The predicted octanol–water partition coefficient (Wildman–Crippen LogP) is 6.10. The van der Waals surface area contributed by atoms with Gasteiger partial charge in [-0.25, -0.2) is 0 Å². The van der Waals surface area contributed by atoms with Crippen LogP contribution in [0.2, 0.25) is 0 Å². The number of alkyl halides is 15. The van der Waals surface area contributed by atoms with E-state index in [1.165, 1.54) is 0 Å². The number of hydrogen-bond acceptors (Lipinski definition) is 1. The molecule has 1 rings (SSSR count). The van der Waals surface area contributed by atoms with Crippen molar-refractivity contribution in [2.45, 2.75) is 41.7 Å². The van der Waals surface area contributed by atoms with Gasteiger partial charge in [-0.3, -0.25) is 0 Å². The van der Waals surface area contributed by atoms with Gasteiger partial charge in [-0.05, 0) is 12.1 Å². The van der Waals surface area contributed by atoms with E-state index in [1.807, 2.05) is 0 Å². The van der Waals surface area contributed by atoms with Crippen LogP contribution in [0.15, 0.2) is 24.3 Å². The fourth-order valence-electron chi connectivity index (χ4n) is 1.88. The summed E-state index contributed by atoms with van der Waals surface area (Å²) in [6.07, 6.45) is -7.62. The van der Waals surface area contributed by atoms with Crippen molar-refractivity contribution in [2.24, 2.45) is 0 Å². The Morgan fingerprint density at radius 1 is 0.517 bits per heavy atom. The average Bonchev–Trinajstić information content (AvgIpc) is 2.52. The summed E-state index contributed by atoms with van der Waals surface area (Å²) in [7, 11) is 0. The number of benzene rings is 1. The number of anilines is 1. The first-order chi connectivity index (χ1) is 12.5. The van der Waals surface area contributed by atoms with Gasteiger partial charge in [-0.15, -0.1) is 0 Å². The molecular weight excluding hydrogens is 455 g/mol. The van der Waals surface area contributed by atoms with Gasteiger partial charge < -0.3 is 5.73 Å². The average molecular weight is 461 g/mol. The highest BCUT2D eigenvalue weighted by Crippen LogP contribution is 2.63. The van der Waals surface area contributed by atoms with E-state index >= 15 is 0 Å². The summed E-state index contributed by atoms with van der Waals surface area (Å²) in [4.78, 5) is 0. The SMILES string of the molecule is Nc1cccc(C(F)(F)C(F)(F)C(F)(F)C(F)(F)C(F)(F)C(F)(F)C(F)(F)F)c1. The Morgan fingerprint density at radius 3 is 1.28 bits per heavy atom. The molecule has 0 saturated carbocycles. The lowest BCUT2D eigenvalue weighted by Gasteiger charge is -2.41. The Balaban J connectivity index is 3.65. The molecule has 0 unspecified atom stereocenters. The molecule has 29 heavy (non-hydrogen) atoms. The van der Waals surface area contributed by atoms with Crippen molar-refractivity contribution in [2.75, 3.05) is 5.73 Å². The third-order valence-corrected chi connectivity index (χ3v) is 3.58. The van der Waals surface area contributed by atoms with Gasteiger partial charge in [0.2, 0.25) is 0 Å². The maximum atomic E-state index is 13.8. The summed E-state index contributed by atoms with van der Waals surface area (Å²) in [5, 5.41) is 0. The maximum Gasteiger partial charge on any atom is 0.460 e. The predicted molar refractivity (Wildman–Crippen MR) is 65.5 cm³/mol. The van der Waals surface area contributed by atoms with Crippen LogP contribution in [-0.4, -0.2) is 35.8 Å². The molecular formula is C13H6F15N. The van der Waals surface area contributed by atoms with Crippen molar-refractivity contribution >= 4 is 5.69 Å². The molecule has 1 aromatic carbocycles. The molecule has 16 heteroatoms. The fraction of sp³-hybridized carbons (Fsp3) is 0.538. The van der Waals surface area contributed by atoms with Crippen LogP contribution in [0.25, 0.3) is 0 Å². The lowest BCUT2D eigenvalue weighted by Crippen LogP contribution is -2.72. The second-order valence-electron chi connectivity index (χ2n) is 5.57. The summed E-state index contributed by atoms with van der Waals surface area (Å²) in [5.41, 5.74) is 1.86. The Morgan fingerprint density at radius 2 is 0.897 bits per heavy atom. The molecule has 0 aliphatic rings. The zero-order valence-electron chi connectivity index (χ0n) is 13.1. The molecule has 0 atom stereocenters. The van der Waals surface area contributed by atoms with Crippen molar-refractivity contribution < 1.29 is 65.9 Å². The smallest absolute Gasteiger partial charge is 0.399 e. The van der Waals surface area contributed by atoms with E-state index in [0.29, 0.717) is 6.07 Å². The fourth-order valence-corrected chi connectivity index (χ4v) is 1.88. The topological polar surface area (TPSA) is 26.0 Å². The number of hydrogen-bond donors (Lipinski definition) is 1. The van der Waals surface area contributed by atoms with Crippen LogP contribution in [0, 0.1) is 0 Å². The van der Waals surface area contributed by atoms with Crippen LogP contribution >= 0.6 is 0 Å². The minimum Gasteiger partial charge on any atom is -0.399 e. The molecule has 0 fully saturated rings. The third-order valence-electron chi connectivity index (χ3n) is 3.58. The van der Waals surface area contributed by atoms with E-state index in [0.717, 1.165) is 6.07 Å². The quantitative estimate of drug-likeness (QED) is 0.402. The van der Waals surface area contributed by atoms with E-state index in [1.54, 1.807) is 0 Å². The van der Waals surface area contributed by atoms with Gasteiger partial charge in [0.1, 0.15) is 0 Å². The lowest BCUT2D eigenvalue weighted by molar-refractivity contribution is -0.453. The molecule has 0 aliphatic carbocycles. The molecule has 0 amide bonds. The highest BCUT2D eigenvalue weighted by Gasteiger charge is 2.93. The molecule has 0 saturated heterocycles. The standard InChI is InChI=1S/C13H6F15N/c14-7(15,5-2-1-3-6(29)4-5)8(16,17)9(18,19)10(20,21)11(22,23)12(24,25)13(26,27)28/h1-4H,29H2. The van der Waals surface area contributed by atoms with Crippen LogP contribution in [0.4, 0.5) is 71.5 Å². The minimum absolute atomic E-state index is 0.0824. The van der Waals surface area contributed by atoms with E-state index < -0.39 is 53.0 Å². The molecule has 0 aromatic heterocycles. The zero-order chi connectivity index (χ0) is 23.5. The number of nitrogens with two attached hydrogens (primary N) is 1. The van der Waals surface area contributed by atoms with Gasteiger partial charge >= 0.3 is 41.7 Å². The molecule has 0 aliphatic heterocycles. The highest BCUT2D eigenvalue weighted by molar-refractivity contribution is 5.43. The molecule has 0 heterocycles. The number of rotatable bonds is 6. The second-order valence-corrected chi connectivity index (χ2v) is 5.57. The van der Waals surface area contributed by atoms with Gasteiger partial charge in [-0.2, -0.15) is 65.9 Å². The van der Waals surface area contributed by atoms with Crippen LogP contribution in [-0.2, 0) is 5.92 Å². The molecule has 0 radical (unpaired) electrons. The molecule has 0 bridgehead atoms. The van der Waals surface area contributed by atoms with E-state index in [4.69, 9.17) is 5.73 Å². The van der Waals surface area contributed by atoms with Crippen molar-refractivity contribution in [3.8, 4) is 0 Å². The highest BCUT2D eigenvalue weighted by atomic mass is 19.4. The van der Waals surface area contributed by atoms with Gasteiger partial charge in [0, 0.05) is 11.3 Å². The Labute approximate surface area is 150 Å². The first kappa shape index (κ1) is 25.0. The molecule has 1 aromatic rings. The van der Waals surface area contributed by atoms with Gasteiger partial charge in [0.05, 0.1) is 0 Å². The number of halogens is 15. The first-order valence-corrected chi connectivity index (χ1v) is 6.69. The van der Waals surface area contributed by atoms with Crippen molar-refractivity contribution in [3.63, 3.8) is 0 Å². The molecule has 0 spiro atoms. The summed E-state index contributed by atoms with van der Waals surface area (Å²) >= 11 is 0. The summed E-state index contributed by atoms with van der Waals surface area (Å²) < 4.78 is 196. The van der Waals surface area contributed by atoms with Crippen LogP contribution < -0.4 is 5.73 Å². The zero-order valence-corrected chi connectivity index (χ0v) is 13.1. The van der Waals surface area contributed by atoms with Crippen molar-refractivity contribution in [3.05, 3.63) is 29.8 Å². The largest absolute Gasteiger partial charge is 0.460 e. The summed E-state index contributed by atoms with van der Waals surface area (Å²) in [6, 6.07) is 0.908. The Hall–Kier alpha value is -2.03. The van der Waals surface area contributed by atoms with E-state index in [2.05, 4.69) is 0 Å². The molecule has 2 N–H and O–H groups in total. The van der Waals surface area contributed by atoms with Crippen LogP contribution in [0.1, 0.15) is 5.56 Å². The summed E-state index contributed by atoms with van der Waals surface area (Å²) in [6.45, 7) is 0. The monoisotopic (exact) mass is 461 g/mol. The Bertz CT molecular complexity index is 749. The summed E-state index contributed by atoms with van der Waals surface area (Å²) in [5.74, 6) is -46.7. The molecule has 1 nitrogen and oxygen atoms in total. The van der Waals surface area contributed by atoms with Gasteiger partial charge in [0.15, 0.2) is 0 Å². The first-order valence-electron chi connectivity index (χ1n) is 6.69. The van der Waals surface area contributed by atoms with Crippen LogP contribution in [0.3, 0.4) is 0 Å². The van der Waals surface area contributed by atoms with E-state index in [-0.39, 0.29) is 12.1 Å². The maximum absolute atomic E-state index is 13.8. The third kappa shape index (κ3) is 3.23. The molecule has 168 valence electrons. The van der Waals surface area contributed by atoms with Gasteiger partial charge in [0.25, 0.3) is 0 Å². The Kier molecular flexibility index (Phi) is 5.59. The lowest BCUT2D eigenvalue weighted by atomic mass is 9.88.